The molecule has 3 nitrogen and oxygen atoms in total. The molecule has 3 heteroatoms. The number of carbonyl (C=O) groups is 2. The van der Waals surface area contributed by atoms with E-state index in [0.29, 0.717) is 12.8 Å². The highest BCUT2D eigenvalue weighted by atomic mass is 16.2. The molecule has 102 valence electrons. The van der Waals surface area contributed by atoms with Crippen molar-refractivity contribution in [3.8, 4) is 0 Å². The molecule has 1 aliphatic rings. The Bertz CT molecular complexity index is 828. The molecule has 0 aliphatic carbocycles. The van der Waals surface area contributed by atoms with Crippen LogP contribution in [-0.2, 0) is 9.59 Å². The number of nitrogens with zero attached hydrogens (tertiary/aromatic N) is 1. The van der Waals surface area contributed by atoms with Crippen LogP contribution in [0.25, 0.3) is 21.5 Å². The van der Waals surface area contributed by atoms with Gasteiger partial charge in [0, 0.05) is 23.6 Å². The summed E-state index contributed by atoms with van der Waals surface area (Å²) < 4.78 is 0. The molecule has 1 aliphatic heterocycles. The van der Waals surface area contributed by atoms with E-state index in [0.717, 1.165) is 27.2 Å². The van der Waals surface area contributed by atoms with E-state index in [1.807, 2.05) is 48.5 Å². The standard InChI is InChI=1S/C18H13NO2/c20-16-9-10-17(21)19(16)18-14-7-3-1-5-12(14)11-13-6-2-4-8-15(13)18/h1-8,11H,9-10H2. The average molecular weight is 275 g/mol. The number of carbonyl (C=O) groups excluding carboxylic acids is 2. The Morgan fingerprint density at radius 1 is 0.714 bits per heavy atom. The second-order valence-corrected chi connectivity index (χ2v) is 5.29. The highest BCUT2D eigenvalue weighted by molar-refractivity contribution is 6.28. The predicted molar refractivity (Wildman–Crippen MR) is 83.2 cm³/mol. The molecule has 0 N–H and O–H groups in total. The summed E-state index contributed by atoms with van der Waals surface area (Å²) in [4.78, 5) is 25.7. The molecular formula is C18H13NO2. The lowest BCUT2D eigenvalue weighted by Crippen LogP contribution is -2.29. The summed E-state index contributed by atoms with van der Waals surface area (Å²) in [5.41, 5.74) is 0.733. The third kappa shape index (κ3) is 1.74. The van der Waals surface area contributed by atoms with Crippen LogP contribution in [0.15, 0.2) is 54.6 Å². The molecule has 0 spiro atoms. The van der Waals surface area contributed by atoms with Gasteiger partial charge in [-0.05, 0) is 16.8 Å². The van der Waals surface area contributed by atoms with Crippen LogP contribution >= 0.6 is 0 Å². The van der Waals surface area contributed by atoms with Gasteiger partial charge in [0.15, 0.2) is 0 Å². The van der Waals surface area contributed by atoms with Crippen LogP contribution < -0.4 is 4.90 Å². The molecule has 0 bridgehead atoms. The van der Waals surface area contributed by atoms with Gasteiger partial charge in [0.1, 0.15) is 0 Å². The summed E-state index contributed by atoms with van der Waals surface area (Å²) >= 11 is 0. The monoisotopic (exact) mass is 275 g/mol. The lowest BCUT2D eigenvalue weighted by Gasteiger charge is -2.19. The highest BCUT2D eigenvalue weighted by Crippen LogP contribution is 2.37. The second-order valence-electron chi connectivity index (χ2n) is 5.29. The fourth-order valence-corrected chi connectivity index (χ4v) is 3.06. The fourth-order valence-electron chi connectivity index (χ4n) is 3.06. The zero-order valence-electron chi connectivity index (χ0n) is 11.4. The minimum absolute atomic E-state index is 0.110. The topological polar surface area (TPSA) is 37.4 Å². The number of rotatable bonds is 1. The van der Waals surface area contributed by atoms with Gasteiger partial charge in [0.25, 0.3) is 0 Å². The van der Waals surface area contributed by atoms with Gasteiger partial charge in [0.05, 0.1) is 5.69 Å². The number of hydrogen-bond donors (Lipinski definition) is 0. The molecule has 1 fully saturated rings. The maximum absolute atomic E-state index is 12.2. The van der Waals surface area contributed by atoms with Crippen molar-refractivity contribution in [3.05, 3.63) is 54.6 Å². The van der Waals surface area contributed by atoms with Gasteiger partial charge >= 0.3 is 0 Å². The van der Waals surface area contributed by atoms with Gasteiger partial charge in [-0.25, -0.2) is 4.90 Å². The minimum atomic E-state index is -0.110. The van der Waals surface area contributed by atoms with E-state index in [9.17, 15) is 9.59 Å². The number of hydrogen-bond acceptors (Lipinski definition) is 2. The molecule has 4 rings (SSSR count). The fraction of sp³-hybridized carbons (Fsp3) is 0.111. The van der Waals surface area contributed by atoms with E-state index >= 15 is 0 Å². The van der Waals surface area contributed by atoms with E-state index < -0.39 is 0 Å². The smallest absolute Gasteiger partial charge is 0.234 e. The largest absolute Gasteiger partial charge is 0.274 e. The molecule has 2 amide bonds. The van der Waals surface area contributed by atoms with Crippen molar-refractivity contribution < 1.29 is 9.59 Å². The number of fused-ring (bicyclic) bond motifs is 2. The van der Waals surface area contributed by atoms with E-state index in [2.05, 4.69) is 6.07 Å². The molecule has 0 atom stereocenters. The normalized spacial score (nSPS) is 15.3. The van der Waals surface area contributed by atoms with Crippen molar-refractivity contribution in [2.24, 2.45) is 0 Å². The molecule has 0 saturated carbocycles. The summed E-state index contributed by atoms with van der Waals surface area (Å²) in [6.45, 7) is 0. The summed E-state index contributed by atoms with van der Waals surface area (Å²) in [6, 6.07) is 17.9. The van der Waals surface area contributed by atoms with Crippen molar-refractivity contribution in [2.75, 3.05) is 4.90 Å². The Morgan fingerprint density at radius 3 is 1.71 bits per heavy atom. The first-order chi connectivity index (χ1) is 10.3. The van der Waals surface area contributed by atoms with E-state index in [4.69, 9.17) is 0 Å². The van der Waals surface area contributed by atoms with Gasteiger partial charge < -0.3 is 0 Å². The molecule has 1 heterocycles. The van der Waals surface area contributed by atoms with E-state index in [1.54, 1.807) is 0 Å². The van der Waals surface area contributed by atoms with Gasteiger partial charge in [-0.15, -0.1) is 0 Å². The van der Waals surface area contributed by atoms with Crippen molar-refractivity contribution >= 4 is 39.0 Å². The Labute approximate surface area is 121 Å². The predicted octanol–water partition coefficient (Wildman–Crippen LogP) is 3.65. The van der Waals surface area contributed by atoms with Gasteiger partial charge in [0.2, 0.25) is 11.8 Å². The summed E-state index contributed by atoms with van der Waals surface area (Å²) in [5, 5.41) is 3.97. The molecule has 21 heavy (non-hydrogen) atoms. The lowest BCUT2D eigenvalue weighted by atomic mass is 10.00. The van der Waals surface area contributed by atoms with Crippen LogP contribution in [0, 0.1) is 0 Å². The number of imide groups is 1. The van der Waals surface area contributed by atoms with E-state index in [-0.39, 0.29) is 11.8 Å². The Balaban J connectivity index is 2.17. The first kappa shape index (κ1) is 12.1. The van der Waals surface area contributed by atoms with Crippen LogP contribution in [0.2, 0.25) is 0 Å². The molecule has 0 radical (unpaired) electrons. The molecule has 3 aromatic rings. The Hall–Kier alpha value is -2.68. The number of benzene rings is 3. The van der Waals surface area contributed by atoms with Gasteiger partial charge in [-0.2, -0.15) is 0 Å². The summed E-state index contributed by atoms with van der Waals surface area (Å²) in [7, 11) is 0. The molecule has 1 saturated heterocycles. The van der Waals surface area contributed by atoms with Crippen molar-refractivity contribution in [1.29, 1.82) is 0 Å². The first-order valence-corrected chi connectivity index (χ1v) is 7.02. The third-order valence-electron chi connectivity index (χ3n) is 4.02. The maximum Gasteiger partial charge on any atom is 0.234 e. The molecule has 3 aromatic carbocycles. The minimum Gasteiger partial charge on any atom is -0.274 e. The SMILES string of the molecule is O=C1CCC(=O)N1c1c2ccccc2cc2ccccc12. The quantitative estimate of drug-likeness (QED) is 0.502. The van der Waals surface area contributed by atoms with Crippen molar-refractivity contribution in [1.82, 2.24) is 0 Å². The van der Waals surface area contributed by atoms with Crippen LogP contribution in [0.4, 0.5) is 5.69 Å². The van der Waals surface area contributed by atoms with E-state index in [1.165, 1.54) is 4.90 Å². The number of amides is 2. The van der Waals surface area contributed by atoms with Gasteiger partial charge in [-0.3, -0.25) is 9.59 Å². The van der Waals surface area contributed by atoms with Crippen LogP contribution in [0.3, 0.4) is 0 Å². The zero-order valence-corrected chi connectivity index (χ0v) is 11.4. The zero-order chi connectivity index (χ0) is 14.4. The first-order valence-electron chi connectivity index (χ1n) is 7.02. The molecular weight excluding hydrogens is 262 g/mol. The van der Waals surface area contributed by atoms with Crippen LogP contribution in [0.1, 0.15) is 12.8 Å². The van der Waals surface area contributed by atoms with Crippen molar-refractivity contribution in [2.45, 2.75) is 12.8 Å². The highest BCUT2D eigenvalue weighted by Gasteiger charge is 2.32. The lowest BCUT2D eigenvalue weighted by molar-refractivity contribution is -0.121. The summed E-state index contributed by atoms with van der Waals surface area (Å²) in [5.74, 6) is -0.219. The maximum atomic E-state index is 12.2. The van der Waals surface area contributed by atoms with Crippen LogP contribution in [-0.4, -0.2) is 11.8 Å². The number of anilines is 1. The van der Waals surface area contributed by atoms with Crippen LogP contribution in [0.5, 0.6) is 0 Å². The Kier molecular flexibility index (Phi) is 2.54. The average Bonchev–Trinajstić information content (AvgIpc) is 2.84. The molecule has 0 unspecified atom stereocenters. The summed E-state index contributed by atoms with van der Waals surface area (Å²) in [6.07, 6.45) is 0.604. The second kappa shape index (κ2) is 4.42. The third-order valence-corrected chi connectivity index (χ3v) is 4.02. The van der Waals surface area contributed by atoms with Gasteiger partial charge in [-0.1, -0.05) is 48.5 Å². The Morgan fingerprint density at radius 2 is 1.19 bits per heavy atom. The van der Waals surface area contributed by atoms with Crippen molar-refractivity contribution in [3.63, 3.8) is 0 Å². The molecule has 0 aromatic heterocycles.